The van der Waals surface area contributed by atoms with Crippen LogP contribution in [-0.4, -0.2) is 36.3 Å². The van der Waals surface area contributed by atoms with Gasteiger partial charge in [0.1, 0.15) is 0 Å². The zero-order chi connectivity index (χ0) is 18.4. The summed E-state index contributed by atoms with van der Waals surface area (Å²) in [7, 11) is 0. The van der Waals surface area contributed by atoms with Crippen molar-refractivity contribution in [1.29, 1.82) is 0 Å². The average Bonchev–Trinajstić information content (AvgIpc) is 2.62. The largest absolute Gasteiger partial charge is 0.326 e. The molecule has 2 aromatic rings. The molecule has 136 valence electrons. The van der Waals surface area contributed by atoms with Gasteiger partial charge in [0.25, 0.3) is 0 Å². The number of carbonyl (C=O) groups excluding carboxylic acids is 2. The lowest BCUT2D eigenvalue weighted by molar-refractivity contribution is -0.123. The topological polar surface area (TPSA) is 61.4 Å². The molecule has 1 heterocycles. The number of nitrogens with one attached hydrogen (secondary N) is 2. The van der Waals surface area contributed by atoms with Gasteiger partial charge in [-0.25, -0.2) is 0 Å². The van der Waals surface area contributed by atoms with Crippen molar-refractivity contribution in [2.24, 2.45) is 5.92 Å². The van der Waals surface area contributed by atoms with Crippen molar-refractivity contribution in [1.82, 2.24) is 4.90 Å². The number of piperidine rings is 1. The van der Waals surface area contributed by atoms with Gasteiger partial charge in [-0.1, -0.05) is 35.9 Å². The second kappa shape index (κ2) is 8.83. The van der Waals surface area contributed by atoms with Gasteiger partial charge in [-0.2, -0.15) is 0 Å². The number of halogens is 1. The predicted molar refractivity (Wildman–Crippen MR) is 104 cm³/mol. The molecule has 1 aliphatic rings. The molecule has 26 heavy (non-hydrogen) atoms. The zero-order valence-corrected chi connectivity index (χ0v) is 15.2. The van der Waals surface area contributed by atoms with Crippen LogP contribution in [0.15, 0.2) is 54.6 Å². The molecule has 1 saturated heterocycles. The molecule has 0 aliphatic carbocycles. The van der Waals surface area contributed by atoms with Gasteiger partial charge in [0.05, 0.1) is 12.5 Å². The standard InChI is InChI=1S/C20H22ClN3O2/c21-16-7-4-10-18(12-16)22-19(25)14-24-11-5-6-15(13-24)20(26)23-17-8-2-1-3-9-17/h1-4,7-10,12,15H,5-6,11,13-14H2,(H,22,25)(H,23,26)/t15-/m0/s1. The van der Waals surface area contributed by atoms with Crippen LogP contribution in [0.3, 0.4) is 0 Å². The van der Waals surface area contributed by atoms with Gasteiger partial charge in [-0.05, 0) is 49.7 Å². The van der Waals surface area contributed by atoms with Gasteiger partial charge in [0.15, 0.2) is 0 Å². The fourth-order valence-electron chi connectivity index (χ4n) is 3.15. The Hall–Kier alpha value is -2.37. The smallest absolute Gasteiger partial charge is 0.238 e. The quantitative estimate of drug-likeness (QED) is 0.843. The molecule has 0 radical (unpaired) electrons. The van der Waals surface area contributed by atoms with E-state index in [9.17, 15) is 9.59 Å². The number of carbonyl (C=O) groups is 2. The summed E-state index contributed by atoms with van der Waals surface area (Å²) in [6, 6.07) is 16.5. The van der Waals surface area contributed by atoms with Gasteiger partial charge in [0, 0.05) is 22.9 Å². The summed E-state index contributed by atoms with van der Waals surface area (Å²) in [6.45, 7) is 1.67. The molecular weight excluding hydrogens is 350 g/mol. The summed E-state index contributed by atoms with van der Waals surface area (Å²) in [5.74, 6) is -0.199. The van der Waals surface area contributed by atoms with Crippen LogP contribution in [0, 0.1) is 5.92 Å². The molecule has 0 aromatic heterocycles. The molecule has 0 bridgehead atoms. The first-order chi connectivity index (χ1) is 12.6. The molecule has 2 N–H and O–H groups in total. The van der Waals surface area contributed by atoms with Gasteiger partial charge >= 0.3 is 0 Å². The van der Waals surface area contributed by atoms with E-state index in [-0.39, 0.29) is 24.3 Å². The summed E-state index contributed by atoms with van der Waals surface area (Å²) in [4.78, 5) is 26.8. The van der Waals surface area contributed by atoms with E-state index in [1.165, 1.54) is 0 Å². The van der Waals surface area contributed by atoms with Gasteiger partial charge in [0.2, 0.25) is 11.8 Å². The number of hydrogen-bond donors (Lipinski definition) is 2. The summed E-state index contributed by atoms with van der Waals surface area (Å²) in [5, 5.41) is 6.38. The van der Waals surface area contributed by atoms with Crippen LogP contribution < -0.4 is 10.6 Å². The van der Waals surface area contributed by atoms with Crippen molar-refractivity contribution < 1.29 is 9.59 Å². The second-order valence-electron chi connectivity index (χ2n) is 6.49. The molecule has 1 aliphatic heterocycles. The van der Waals surface area contributed by atoms with E-state index in [2.05, 4.69) is 10.6 Å². The molecule has 0 saturated carbocycles. The number of hydrogen-bond acceptors (Lipinski definition) is 3. The van der Waals surface area contributed by atoms with E-state index in [1.54, 1.807) is 24.3 Å². The molecule has 5 nitrogen and oxygen atoms in total. The molecular formula is C20H22ClN3O2. The van der Waals surface area contributed by atoms with Crippen LogP contribution in [0.2, 0.25) is 5.02 Å². The Morgan fingerprint density at radius 3 is 2.58 bits per heavy atom. The van der Waals surface area contributed by atoms with Crippen molar-refractivity contribution in [2.75, 3.05) is 30.3 Å². The molecule has 1 atom stereocenters. The maximum absolute atomic E-state index is 12.5. The molecule has 1 fully saturated rings. The Morgan fingerprint density at radius 1 is 1.04 bits per heavy atom. The van der Waals surface area contributed by atoms with E-state index in [0.717, 1.165) is 25.1 Å². The number of rotatable bonds is 5. The normalized spacial score (nSPS) is 17.5. The van der Waals surface area contributed by atoms with Crippen LogP contribution in [0.25, 0.3) is 0 Å². The maximum Gasteiger partial charge on any atom is 0.238 e. The van der Waals surface area contributed by atoms with Crippen LogP contribution in [-0.2, 0) is 9.59 Å². The Bertz CT molecular complexity index is 767. The minimum absolute atomic E-state index is 0.0103. The lowest BCUT2D eigenvalue weighted by Gasteiger charge is -2.31. The molecule has 0 unspecified atom stereocenters. The Kier molecular flexibility index (Phi) is 6.26. The minimum Gasteiger partial charge on any atom is -0.326 e. The number of amides is 2. The van der Waals surface area contributed by atoms with Crippen molar-refractivity contribution >= 4 is 34.8 Å². The van der Waals surface area contributed by atoms with Crippen molar-refractivity contribution in [3.8, 4) is 0 Å². The average molecular weight is 372 g/mol. The van der Waals surface area contributed by atoms with Gasteiger partial charge in [-0.3, -0.25) is 14.5 Å². The number of anilines is 2. The molecule has 6 heteroatoms. The van der Waals surface area contributed by atoms with E-state index in [4.69, 9.17) is 11.6 Å². The number of para-hydroxylation sites is 1. The molecule has 3 rings (SSSR count). The lowest BCUT2D eigenvalue weighted by atomic mass is 9.97. The fraction of sp³-hybridized carbons (Fsp3) is 0.300. The van der Waals surface area contributed by atoms with Gasteiger partial charge in [-0.15, -0.1) is 0 Å². The third-order valence-electron chi connectivity index (χ3n) is 4.39. The van der Waals surface area contributed by atoms with E-state index < -0.39 is 0 Å². The number of nitrogens with zero attached hydrogens (tertiary/aromatic N) is 1. The van der Waals surface area contributed by atoms with Crippen molar-refractivity contribution in [3.63, 3.8) is 0 Å². The molecule has 2 aromatic carbocycles. The lowest BCUT2D eigenvalue weighted by Crippen LogP contribution is -2.43. The number of likely N-dealkylation sites (tertiary alicyclic amines) is 1. The highest BCUT2D eigenvalue weighted by Gasteiger charge is 2.26. The summed E-state index contributed by atoms with van der Waals surface area (Å²) in [5.41, 5.74) is 1.48. The van der Waals surface area contributed by atoms with Crippen molar-refractivity contribution in [2.45, 2.75) is 12.8 Å². The van der Waals surface area contributed by atoms with Gasteiger partial charge < -0.3 is 10.6 Å². The van der Waals surface area contributed by atoms with Crippen molar-refractivity contribution in [3.05, 3.63) is 59.6 Å². The Balaban J connectivity index is 1.51. The maximum atomic E-state index is 12.5. The first kappa shape index (κ1) is 18.4. The summed E-state index contributed by atoms with van der Waals surface area (Å²) >= 11 is 5.93. The van der Waals surface area contributed by atoms with E-state index in [1.807, 2.05) is 35.2 Å². The molecule has 0 spiro atoms. The third kappa shape index (κ3) is 5.31. The first-order valence-corrected chi connectivity index (χ1v) is 9.11. The first-order valence-electron chi connectivity index (χ1n) is 8.74. The minimum atomic E-state index is -0.108. The highest BCUT2D eigenvalue weighted by atomic mass is 35.5. The summed E-state index contributed by atoms with van der Waals surface area (Å²) in [6.07, 6.45) is 1.74. The van der Waals surface area contributed by atoms with Crippen LogP contribution in [0.4, 0.5) is 11.4 Å². The van der Waals surface area contributed by atoms with Crippen LogP contribution >= 0.6 is 11.6 Å². The fourth-order valence-corrected chi connectivity index (χ4v) is 3.34. The summed E-state index contributed by atoms with van der Waals surface area (Å²) < 4.78 is 0. The Labute approximate surface area is 158 Å². The van der Waals surface area contributed by atoms with Crippen LogP contribution in [0.1, 0.15) is 12.8 Å². The SMILES string of the molecule is O=C(CN1CCC[C@H](C(=O)Nc2ccccc2)C1)Nc1cccc(Cl)c1. The Morgan fingerprint density at radius 2 is 1.81 bits per heavy atom. The number of benzene rings is 2. The highest BCUT2D eigenvalue weighted by Crippen LogP contribution is 2.19. The monoisotopic (exact) mass is 371 g/mol. The third-order valence-corrected chi connectivity index (χ3v) is 4.63. The second-order valence-corrected chi connectivity index (χ2v) is 6.92. The van der Waals surface area contributed by atoms with E-state index >= 15 is 0 Å². The van der Waals surface area contributed by atoms with E-state index in [0.29, 0.717) is 17.3 Å². The predicted octanol–water partition coefficient (Wildman–Crippen LogP) is 3.63. The van der Waals surface area contributed by atoms with Crippen LogP contribution in [0.5, 0.6) is 0 Å². The zero-order valence-electron chi connectivity index (χ0n) is 14.5. The molecule has 2 amide bonds. The highest BCUT2D eigenvalue weighted by molar-refractivity contribution is 6.30.